The van der Waals surface area contributed by atoms with Crippen molar-refractivity contribution >= 4 is 11.8 Å². The van der Waals surface area contributed by atoms with E-state index < -0.39 is 0 Å². The molecule has 1 aromatic carbocycles. The molecule has 3 N–H and O–H groups in total. The molecular weight excluding hydrogens is 268 g/mol. The van der Waals surface area contributed by atoms with Gasteiger partial charge in [-0.2, -0.15) is 5.26 Å². The molecule has 1 atom stereocenters. The summed E-state index contributed by atoms with van der Waals surface area (Å²) in [6.07, 6.45) is -0.329. The largest absolute Gasteiger partial charge is 0.445 e. The lowest BCUT2D eigenvalue weighted by atomic mass is 10.0. The summed E-state index contributed by atoms with van der Waals surface area (Å²) in [6.45, 7) is 6.14. The van der Waals surface area contributed by atoms with E-state index in [0.29, 0.717) is 17.8 Å². The van der Waals surface area contributed by atoms with Gasteiger partial charge in [0, 0.05) is 31.4 Å². The molecule has 1 heterocycles. The van der Waals surface area contributed by atoms with Crippen molar-refractivity contribution < 1.29 is 9.53 Å². The zero-order valence-corrected chi connectivity index (χ0v) is 12.3. The molecule has 6 nitrogen and oxygen atoms in total. The maximum absolute atomic E-state index is 12.1. The number of nitrogen functional groups attached to an aromatic ring is 1. The highest BCUT2D eigenvalue weighted by atomic mass is 16.6. The Kier molecular flexibility index (Phi) is 4.66. The molecule has 1 amide bonds. The number of nitriles is 1. The van der Waals surface area contributed by atoms with Gasteiger partial charge in [-0.1, -0.05) is 0 Å². The number of rotatable bonds is 2. The number of hydrogen-bond donors (Lipinski definition) is 2. The third kappa shape index (κ3) is 3.44. The first kappa shape index (κ1) is 15.1. The zero-order chi connectivity index (χ0) is 15.4. The van der Waals surface area contributed by atoms with E-state index in [9.17, 15) is 4.79 Å². The average Bonchev–Trinajstić information content (AvgIpc) is 2.48. The highest BCUT2D eigenvalue weighted by Crippen LogP contribution is 2.20. The predicted octanol–water partition coefficient (Wildman–Crippen LogP) is 1.38. The summed E-state index contributed by atoms with van der Waals surface area (Å²) in [4.78, 5) is 13.8. The van der Waals surface area contributed by atoms with Crippen LogP contribution < -0.4 is 11.1 Å². The lowest BCUT2D eigenvalue weighted by Gasteiger charge is -2.33. The van der Waals surface area contributed by atoms with E-state index in [1.54, 1.807) is 17.0 Å². The SMILES string of the molecule is Cc1c(N)cc(C#N)cc1COC(=O)N1CCNCC1C. The molecule has 1 saturated heterocycles. The first-order valence-electron chi connectivity index (χ1n) is 6.96. The van der Waals surface area contributed by atoms with Crippen molar-refractivity contribution in [3.63, 3.8) is 0 Å². The Labute approximate surface area is 124 Å². The Morgan fingerprint density at radius 3 is 3.05 bits per heavy atom. The molecular formula is C15H20N4O2. The van der Waals surface area contributed by atoms with E-state index in [-0.39, 0.29) is 18.7 Å². The highest BCUT2D eigenvalue weighted by Gasteiger charge is 2.24. The van der Waals surface area contributed by atoms with E-state index in [1.165, 1.54) is 0 Å². The number of nitrogens with one attached hydrogen (secondary N) is 1. The van der Waals surface area contributed by atoms with Gasteiger partial charge in [0.15, 0.2) is 0 Å². The van der Waals surface area contributed by atoms with Crippen molar-refractivity contribution in [2.75, 3.05) is 25.4 Å². The molecule has 1 aliphatic heterocycles. The van der Waals surface area contributed by atoms with Crippen molar-refractivity contribution in [3.05, 3.63) is 28.8 Å². The summed E-state index contributed by atoms with van der Waals surface area (Å²) in [5, 5.41) is 12.2. The zero-order valence-electron chi connectivity index (χ0n) is 12.3. The minimum Gasteiger partial charge on any atom is -0.445 e. The topological polar surface area (TPSA) is 91.4 Å². The Bertz CT molecular complexity index is 580. The van der Waals surface area contributed by atoms with Gasteiger partial charge in [-0.3, -0.25) is 0 Å². The number of nitrogens with two attached hydrogens (primary N) is 1. The van der Waals surface area contributed by atoms with Crippen LogP contribution in [0.4, 0.5) is 10.5 Å². The predicted molar refractivity (Wildman–Crippen MR) is 79.5 cm³/mol. The van der Waals surface area contributed by atoms with Crippen LogP contribution in [0.3, 0.4) is 0 Å². The maximum atomic E-state index is 12.1. The fourth-order valence-corrected chi connectivity index (χ4v) is 2.35. The molecule has 112 valence electrons. The number of nitrogens with zero attached hydrogens (tertiary/aromatic N) is 2. The number of amides is 1. The van der Waals surface area contributed by atoms with E-state index in [1.807, 2.05) is 13.8 Å². The molecule has 0 bridgehead atoms. The maximum Gasteiger partial charge on any atom is 0.410 e. The first-order chi connectivity index (χ1) is 10.0. The number of hydrogen-bond acceptors (Lipinski definition) is 5. The van der Waals surface area contributed by atoms with Crippen LogP contribution in [0.5, 0.6) is 0 Å². The third-order valence-corrected chi connectivity index (χ3v) is 3.77. The monoisotopic (exact) mass is 288 g/mol. The molecule has 0 radical (unpaired) electrons. The van der Waals surface area contributed by atoms with E-state index in [2.05, 4.69) is 11.4 Å². The van der Waals surface area contributed by atoms with Crippen molar-refractivity contribution in [3.8, 4) is 6.07 Å². The van der Waals surface area contributed by atoms with Gasteiger partial charge < -0.3 is 20.7 Å². The number of ether oxygens (including phenoxy) is 1. The second-order valence-corrected chi connectivity index (χ2v) is 5.26. The quantitative estimate of drug-likeness (QED) is 0.802. The molecule has 0 aliphatic carbocycles. The minimum atomic E-state index is -0.329. The standard InChI is InChI=1S/C15H20N4O2/c1-10-8-18-3-4-19(10)15(20)21-9-13-5-12(7-16)6-14(17)11(13)2/h5-6,10,18H,3-4,8-9,17H2,1-2H3. The van der Waals surface area contributed by atoms with Crippen molar-refractivity contribution in [2.24, 2.45) is 0 Å². The van der Waals surface area contributed by atoms with Crippen LogP contribution in [0.15, 0.2) is 12.1 Å². The van der Waals surface area contributed by atoms with Crippen LogP contribution in [-0.4, -0.2) is 36.7 Å². The van der Waals surface area contributed by atoms with Gasteiger partial charge in [0.2, 0.25) is 0 Å². The summed E-state index contributed by atoms with van der Waals surface area (Å²) in [5.41, 5.74) is 8.48. The van der Waals surface area contributed by atoms with Crippen LogP contribution in [0, 0.1) is 18.3 Å². The number of carbonyl (C=O) groups is 1. The number of carbonyl (C=O) groups excluding carboxylic acids is 1. The number of piperazine rings is 1. The van der Waals surface area contributed by atoms with Crippen molar-refractivity contribution in [2.45, 2.75) is 26.5 Å². The van der Waals surface area contributed by atoms with Crippen LogP contribution in [0.1, 0.15) is 23.6 Å². The van der Waals surface area contributed by atoms with Crippen LogP contribution in [-0.2, 0) is 11.3 Å². The van der Waals surface area contributed by atoms with Crippen molar-refractivity contribution in [1.82, 2.24) is 10.2 Å². The molecule has 0 aromatic heterocycles. The second-order valence-electron chi connectivity index (χ2n) is 5.26. The summed E-state index contributed by atoms with van der Waals surface area (Å²) in [5.74, 6) is 0. The fraction of sp³-hybridized carbons (Fsp3) is 0.467. The molecule has 0 saturated carbocycles. The van der Waals surface area contributed by atoms with Gasteiger partial charge in [-0.15, -0.1) is 0 Å². The molecule has 1 unspecified atom stereocenters. The fourth-order valence-electron chi connectivity index (χ4n) is 2.35. The average molecular weight is 288 g/mol. The Morgan fingerprint density at radius 1 is 1.62 bits per heavy atom. The third-order valence-electron chi connectivity index (χ3n) is 3.77. The van der Waals surface area contributed by atoms with Crippen molar-refractivity contribution in [1.29, 1.82) is 5.26 Å². The first-order valence-corrected chi connectivity index (χ1v) is 6.96. The van der Waals surface area contributed by atoms with Gasteiger partial charge in [0.25, 0.3) is 0 Å². The normalized spacial score (nSPS) is 18.1. The van der Waals surface area contributed by atoms with Crippen LogP contribution >= 0.6 is 0 Å². The lowest BCUT2D eigenvalue weighted by molar-refractivity contribution is 0.0758. The Hall–Kier alpha value is -2.26. The molecule has 1 aromatic rings. The van der Waals surface area contributed by atoms with Gasteiger partial charge >= 0.3 is 6.09 Å². The molecule has 1 aliphatic rings. The summed E-state index contributed by atoms with van der Waals surface area (Å²) < 4.78 is 5.37. The molecule has 0 spiro atoms. The molecule has 1 fully saturated rings. The number of anilines is 1. The van der Waals surface area contributed by atoms with Gasteiger partial charge in [-0.05, 0) is 37.1 Å². The smallest absolute Gasteiger partial charge is 0.410 e. The highest BCUT2D eigenvalue weighted by molar-refractivity contribution is 5.68. The molecule has 2 rings (SSSR count). The van der Waals surface area contributed by atoms with Gasteiger partial charge in [0.05, 0.1) is 11.6 Å². The van der Waals surface area contributed by atoms with E-state index in [0.717, 1.165) is 24.2 Å². The van der Waals surface area contributed by atoms with Crippen LogP contribution in [0.2, 0.25) is 0 Å². The summed E-state index contributed by atoms with van der Waals surface area (Å²) >= 11 is 0. The Morgan fingerprint density at radius 2 is 2.38 bits per heavy atom. The summed E-state index contributed by atoms with van der Waals surface area (Å²) in [7, 11) is 0. The second kappa shape index (κ2) is 6.46. The van der Waals surface area contributed by atoms with E-state index in [4.69, 9.17) is 15.7 Å². The Balaban J connectivity index is 2.04. The summed E-state index contributed by atoms with van der Waals surface area (Å²) in [6, 6.07) is 5.50. The van der Waals surface area contributed by atoms with Crippen LogP contribution in [0.25, 0.3) is 0 Å². The number of benzene rings is 1. The van der Waals surface area contributed by atoms with Gasteiger partial charge in [0.1, 0.15) is 6.61 Å². The molecule has 6 heteroatoms. The van der Waals surface area contributed by atoms with E-state index >= 15 is 0 Å². The van der Waals surface area contributed by atoms with Gasteiger partial charge in [-0.25, -0.2) is 4.79 Å². The lowest BCUT2D eigenvalue weighted by Crippen LogP contribution is -2.52. The molecule has 21 heavy (non-hydrogen) atoms. The minimum absolute atomic E-state index is 0.114.